The molecule has 0 saturated carbocycles. The molecule has 2 aromatic rings. The highest BCUT2D eigenvalue weighted by Crippen LogP contribution is 2.37. The highest BCUT2D eigenvalue weighted by Gasteiger charge is 2.23. The van der Waals surface area contributed by atoms with Crippen LogP contribution in [0, 0.1) is 0 Å². The van der Waals surface area contributed by atoms with Gasteiger partial charge >= 0.3 is 0 Å². The zero-order valence-corrected chi connectivity index (χ0v) is 11.7. The summed E-state index contributed by atoms with van der Waals surface area (Å²) in [7, 11) is 0. The van der Waals surface area contributed by atoms with Crippen molar-refractivity contribution in [3.8, 4) is 16.3 Å². The van der Waals surface area contributed by atoms with Crippen LogP contribution in [0.1, 0.15) is 36.4 Å². The van der Waals surface area contributed by atoms with Gasteiger partial charge in [0.25, 0.3) is 0 Å². The minimum Gasteiger partial charge on any atom is -0.494 e. The van der Waals surface area contributed by atoms with E-state index in [4.69, 9.17) is 4.74 Å². The number of benzene rings is 1. The van der Waals surface area contributed by atoms with Crippen LogP contribution < -0.4 is 4.74 Å². The molecule has 0 saturated heterocycles. The number of aromatic nitrogens is 1. The first kappa shape index (κ1) is 12.6. The van der Waals surface area contributed by atoms with Gasteiger partial charge in [-0.15, -0.1) is 11.3 Å². The molecule has 3 rings (SSSR count). The summed E-state index contributed by atoms with van der Waals surface area (Å²) in [6.07, 6.45) is 2.53. The van der Waals surface area contributed by atoms with Gasteiger partial charge in [0.1, 0.15) is 10.8 Å². The Morgan fingerprint density at radius 1 is 1.47 bits per heavy atom. The van der Waals surface area contributed by atoms with Crippen molar-refractivity contribution < 1.29 is 9.84 Å². The minimum absolute atomic E-state index is 0.385. The summed E-state index contributed by atoms with van der Waals surface area (Å²) in [5.74, 6) is 0.869. The highest BCUT2D eigenvalue weighted by atomic mass is 32.1. The number of aryl methyl sites for hydroxylation is 1. The van der Waals surface area contributed by atoms with Crippen LogP contribution in [-0.2, 0) is 6.42 Å². The maximum absolute atomic E-state index is 9.98. The SMILES string of the molecule is CCOc1cccc(-c2nc3c(s2)CCCC3O)c1. The van der Waals surface area contributed by atoms with Crippen LogP contribution in [0.15, 0.2) is 24.3 Å². The molecular weight excluding hydrogens is 258 g/mol. The molecule has 0 aliphatic heterocycles. The van der Waals surface area contributed by atoms with Crippen molar-refractivity contribution in [3.63, 3.8) is 0 Å². The molecule has 0 bridgehead atoms. The van der Waals surface area contributed by atoms with E-state index < -0.39 is 0 Å². The lowest BCUT2D eigenvalue weighted by molar-refractivity contribution is 0.153. The maximum Gasteiger partial charge on any atom is 0.124 e. The van der Waals surface area contributed by atoms with Crippen molar-refractivity contribution in [3.05, 3.63) is 34.8 Å². The number of fused-ring (bicyclic) bond motifs is 1. The Bertz CT molecular complexity index is 579. The molecule has 1 aromatic heterocycles. The topological polar surface area (TPSA) is 42.4 Å². The van der Waals surface area contributed by atoms with E-state index in [0.717, 1.165) is 41.3 Å². The molecule has 1 N–H and O–H groups in total. The first-order valence-corrected chi connectivity index (χ1v) is 7.50. The molecule has 1 aliphatic carbocycles. The van der Waals surface area contributed by atoms with Gasteiger partial charge in [-0.25, -0.2) is 4.98 Å². The van der Waals surface area contributed by atoms with Crippen LogP contribution in [0.5, 0.6) is 5.75 Å². The Labute approximate surface area is 116 Å². The summed E-state index contributed by atoms with van der Waals surface area (Å²) in [4.78, 5) is 5.85. The zero-order valence-electron chi connectivity index (χ0n) is 10.9. The lowest BCUT2D eigenvalue weighted by Gasteiger charge is -2.14. The van der Waals surface area contributed by atoms with Crippen molar-refractivity contribution in [2.45, 2.75) is 32.3 Å². The molecule has 0 radical (unpaired) electrons. The quantitative estimate of drug-likeness (QED) is 0.931. The van der Waals surface area contributed by atoms with Crippen molar-refractivity contribution in [2.24, 2.45) is 0 Å². The van der Waals surface area contributed by atoms with Crippen molar-refractivity contribution in [2.75, 3.05) is 6.61 Å². The van der Waals surface area contributed by atoms with E-state index in [1.54, 1.807) is 11.3 Å². The molecule has 1 heterocycles. The largest absolute Gasteiger partial charge is 0.494 e. The first-order valence-electron chi connectivity index (χ1n) is 6.69. The average Bonchev–Trinajstić information content (AvgIpc) is 2.85. The van der Waals surface area contributed by atoms with Crippen LogP contribution >= 0.6 is 11.3 Å². The van der Waals surface area contributed by atoms with Crippen LogP contribution in [0.2, 0.25) is 0 Å². The lowest BCUT2D eigenvalue weighted by Crippen LogP contribution is -2.07. The summed E-state index contributed by atoms with van der Waals surface area (Å²) in [5.41, 5.74) is 1.95. The molecule has 1 aliphatic rings. The van der Waals surface area contributed by atoms with E-state index in [-0.39, 0.29) is 6.10 Å². The predicted molar refractivity (Wildman–Crippen MR) is 76.6 cm³/mol. The third kappa shape index (κ3) is 2.51. The van der Waals surface area contributed by atoms with Gasteiger partial charge in [-0.1, -0.05) is 12.1 Å². The van der Waals surface area contributed by atoms with Gasteiger partial charge in [0, 0.05) is 10.4 Å². The standard InChI is InChI=1S/C15H17NO2S/c1-2-18-11-6-3-5-10(9-11)15-16-14-12(17)7-4-8-13(14)19-15/h3,5-6,9,12,17H,2,4,7-8H2,1H3. The molecule has 1 aromatic carbocycles. The van der Waals surface area contributed by atoms with Crippen LogP contribution in [0.3, 0.4) is 0 Å². The van der Waals surface area contributed by atoms with Gasteiger partial charge in [-0.2, -0.15) is 0 Å². The Morgan fingerprint density at radius 3 is 3.16 bits per heavy atom. The molecule has 4 heteroatoms. The van der Waals surface area contributed by atoms with Crippen LogP contribution in [0.4, 0.5) is 0 Å². The number of hydrogen-bond donors (Lipinski definition) is 1. The van der Waals surface area contributed by atoms with Crippen LogP contribution in [-0.4, -0.2) is 16.7 Å². The third-order valence-electron chi connectivity index (χ3n) is 3.32. The number of aliphatic hydroxyl groups excluding tert-OH is 1. The van der Waals surface area contributed by atoms with E-state index in [1.807, 2.05) is 31.2 Å². The molecule has 1 unspecified atom stereocenters. The van der Waals surface area contributed by atoms with Crippen LogP contribution in [0.25, 0.3) is 10.6 Å². The summed E-state index contributed by atoms with van der Waals surface area (Å²) in [5, 5.41) is 11.0. The Kier molecular flexibility index (Phi) is 3.53. The molecular formula is C15H17NO2S. The molecule has 1 atom stereocenters. The molecule has 0 spiro atoms. The predicted octanol–water partition coefficient (Wildman–Crippen LogP) is 3.58. The second kappa shape index (κ2) is 5.31. The fourth-order valence-corrected chi connectivity index (χ4v) is 3.56. The Morgan fingerprint density at radius 2 is 2.37 bits per heavy atom. The second-order valence-electron chi connectivity index (χ2n) is 4.70. The van der Waals surface area contributed by atoms with E-state index in [2.05, 4.69) is 4.98 Å². The number of nitrogens with zero attached hydrogens (tertiary/aromatic N) is 1. The third-order valence-corrected chi connectivity index (χ3v) is 4.50. The molecule has 0 fully saturated rings. The van der Waals surface area contributed by atoms with Crippen molar-refractivity contribution in [1.82, 2.24) is 4.98 Å². The number of rotatable bonds is 3. The number of thiazole rings is 1. The fourth-order valence-electron chi connectivity index (χ4n) is 2.40. The number of aliphatic hydroxyl groups is 1. The second-order valence-corrected chi connectivity index (χ2v) is 5.78. The van der Waals surface area contributed by atoms with Gasteiger partial charge in [0.15, 0.2) is 0 Å². The van der Waals surface area contributed by atoms with E-state index in [0.29, 0.717) is 6.61 Å². The molecule has 0 amide bonds. The Balaban J connectivity index is 1.96. The smallest absolute Gasteiger partial charge is 0.124 e. The maximum atomic E-state index is 9.98. The van der Waals surface area contributed by atoms with Gasteiger partial charge in [0.05, 0.1) is 18.4 Å². The lowest BCUT2D eigenvalue weighted by atomic mass is 10.0. The highest BCUT2D eigenvalue weighted by molar-refractivity contribution is 7.15. The molecule has 3 nitrogen and oxygen atoms in total. The first-order chi connectivity index (χ1) is 9.28. The summed E-state index contributed by atoms with van der Waals surface area (Å²) >= 11 is 1.69. The van der Waals surface area contributed by atoms with Gasteiger partial charge in [-0.3, -0.25) is 0 Å². The van der Waals surface area contributed by atoms with Gasteiger partial charge in [-0.05, 0) is 38.3 Å². The van der Waals surface area contributed by atoms with Crippen molar-refractivity contribution in [1.29, 1.82) is 0 Å². The Hall–Kier alpha value is -1.39. The zero-order chi connectivity index (χ0) is 13.2. The average molecular weight is 275 g/mol. The fraction of sp³-hybridized carbons (Fsp3) is 0.400. The van der Waals surface area contributed by atoms with E-state index in [1.165, 1.54) is 4.88 Å². The minimum atomic E-state index is -0.385. The van der Waals surface area contributed by atoms with Gasteiger partial charge < -0.3 is 9.84 Å². The monoisotopic (exact) mass is 275 g/mol. The van der Waals surface area contributed by atoms with Crippen molar-refractivity contribution >= 4 is 11.3 Å². The number of ether oxygens (including phenoxy) is 1. The van der Waals surface area contributed by atoms with E-state index >= 15 is 0 Å². The summed E-state index contributed by atoms with van der Waals surface area (Å²) in [6, 6.07) is 7.99. The number of hydrogen-bond acceptors (Lipinski definition) is 4. The summed E-state index contributed by atoms with van der Waals surface area (Å²) in [6.45, 7) is 2.64. The summed E-state index contributed by atoms with van der Waals surface area (Å²) < 4.78 is 5.52. The van der Waals surface area contributed by atoms with Gasteiger partial charge in [0.2, 0.25) is 0 Å². The molecule has 100 valence electrons. The molecule has 19 heavy (non-hydrogen) atoms. The normalized spacial score (nSPS) is 18.1. The van der Waals surface area contributed by atoms with E-state index in [9.17, 15) is 5.11 Å².